The largest absolute Gasteiger partial charge is 0.495 e. The van der Waals surface area contributed by atoms with Crippen molar-refractivity contribution in [2.24, 2.45) is 0 Å². The van der Waals surface area contributed by atoms with Gasteiger partial charge in [-0.05, 0) is 36.4 Å². The van der Waals surface area contributed by atoms with E-state index >= 15 is 0 Å². The van der Waals surface area contributed by atoms with Crippen LogP contribution in [0.5, 0.6) is 5.75 Å². The van der Waals surface area contributed by atoms with E-state index in [1.165, 1.54) is 35.2 Å². The molecule has 8 heteroatoms. The molecular formula is C21H18FN3O2S2. The van der Waals surface area contributed by atoms with Gasteiger partial charge in [-0.25, -0.2) is 9.37 Å². The Morgan fingerprint density at radius 1 is 1.28 bits per heavy atom. The molecule has 3 aromatic rings. The Labute approximate surface area is 176 Å². The van der Waals surface area contributed by atoms with E-state index in [4.69, 9.17) is 10.00 Å². The maximum Gasteiger partial charge on any atom is 0.237 e. The number of para-hydroxylation sites is 2. The van der Waals surface area contributed by atoms with Crippen LogP contribution in [0.1, 0.15) is 6.42 Å². The third-order valence-corrected chi connectivity index (χ3v) is 6.07. The molecule has 1 heterocycles. The molecule has 0 atom stereocenters. The minimum Gasteiger partial charge on any atom is -0.495 e. The van der Waals surface area contributed by atoms with Crippen molar-refractivity contribution >= 4 is 34.7 Å². The minimum atomic E-state index is -0.294. The molecule has 0 radical (unpaired) electrons. The lowest BCUT2D eigenvalue weighted by molar-refractivity contribution is -0.116. The molecule has 1 amide bonds. The highest BCUT2D eigenvalue weighted by molar-refractivity contribution is 8.01. The molecule has 0 saturated heterocycles. The molecule has 3 rings (SSSR count). The zero-order chi connectivity index (χ0) is 20.6. The van der Waals surface area contributed by atoms with Crippen LogP contribution in [0.4, 0.5) is 10.1 Å². The molecule has 0 N–H and O–H groups in total. The fourth-order valence-electron chi connectivity index (χ4n) is 2.67. The molecule has 0 fully saturated rings. The number of thiazole rings is 1. The molecule has 5 nitrogen and oxygen atoms in total. The molecule has 0 aliphatic carbocycles. The maximum absolute atomic E-state index is 13.1. The van der Waals surface area contributed by atoms with Crippen LogP contribution in [-0.2, 0) is 4.79 Å². The minimum absolute atomic E-state index is 0.131. The summed E-state index contributed by atoms with van der Waals surface area (Å²) in [7, 11) is 1.55. The first kappa shape index (κ1) is 20.8. The molecule has 1 aromatic heterocycles. The van der Waals surface area contributed by atoms with Crippen LogP contribution in [-0.4, -0.2) is 30.3 Å². The van der Waals surface area contributed by atoms with Gasteiger partial charge < -0.3 is 9.64 Å². The summed E-state index contributed by atoms with van der Waals surface area (Å²) in [5.74, 6) is 0.336. The standard InChI is InChI=1S/C21H18FN3O2S2/c1-27-19-6-3-2-5-18(19)25(12-4-11-23)20(26)14-29-21-24-17(13-28-21)15-7-9-16(22)10-8-15/h2-3,5-10,13H,4,12,14H2,1H3. The Bertz CT molecular complexity index is 1020. The predicted octanol–water partition coefficient (Wildman–Crippen LogP) is 5.00. The molecule has 2 aromatic carbocycles. The zero-order valence-electron chi connectivity index (χ0n) is 15.7. The number of aromatic nitrogens is 1. The van der Waals surface area contributed by atoms with Gasteiger partial charge in [0, 0.05) is 17.5 Å². The Kier molecular flexibility index (Phi) is 7.22. The number of carbonyl (C=O) groups is 1. The quantitative estimate of drug-likeness (QED) is 0.474. The van der Waals surface area contributed by atoms with E-state index < -0.39 is 0 Å². The third-order valence-electron chi connectivity index (χ3n) is 4.07. The van der Waals surface area contributed by atoms with Crippen LogP contribution in [0.25, 0.3) is 11.3 Å². The van der Waals surface area contributed by atoms with Gasteiger partial charge in [-0.15, -0.1) is 11.3 Å². The van der Waals surface area contributed by atoms with Crippen molar-refractivity contribution in [3.05, 3.63) is 59.7 Å². The number of carbonyl (C=O) groups excluding carboxylic acids is 1. The van der Waals surface area contributed by atoms with E-state index in [0.29, 0.717) is 11.4 Å². The Morgan fingerprint density at radius 2 is 2.03 bits per heavy atom. The smallest absolute Gasteiger partial charge is 0.237 e. The number of nitrogens with zero attached hydrogens (tertiary/aromatic N) is 3. The van der Waals surface area contributed by atoms with E-state index in [0.717, 1.165) is 15.6 Å². The number of amides is 1. The van der Waals surface area contributed by atoms with E-state index in [-0.39, 0.29) is 30.4 Å². The molecule has 148 valence electrons. The Hall–Kier alpha value is -2.89. The molecule has 0 bridgehead atoms. The number of hydrogen-bond donors (Lipinski definition) is 0. The van der Waals surface area contributed by atoms with Crippen molar-refractivity contribution in [3.8, 4) is 23.1 Å². The number of halogens is 1. The van der Waals surface area contributed by atoms with E-state index in [1.54, 1.807) is 36.3 Å². The second kappa shape index (κ2) is 10.0. The first-order valence-electron chi connectivity index (χ1n) is 8.77. The lowest BCUT2D eigenvalue weighted by Gasteiger charge is -2.23. The average molecular weight is 428 g/mol. The highest BCUT2D eigenvalue weighted by Crippen LogP contribution is 2.31. The molecule has 0 saturated carbocycles. The molecule has 29 heavy (non-hydrogen) atoms. The summed E-state index contributed by atoms with van der Waals surface area (Å²) in [6.45, 7) is 0.287. The van der Waals surface area contributed by atoms with Gasteiger partial charge in [-0.3, -0.25) is 4.79 Å². The summed E-state index contributed by atoms with van der Waals surface area (Å²) in [5, 5.41) is 10.8. The monoisotopic (exact) mass is 427 g/mol. The van der Waals surface area contributed by atoms with Gasteiger partial charge in [-0.2, -0.15) is 5.26 Å². The number of thioether (sulfide) groups is 1. The molecule has 0 aliphatic heterocycles. The fraction of sp³-hybridized carbons (Fsp3) is 0.190. The van der Waals surface area contributed by atoms with Crippen LogP contribution in [0.2, 0.25) is 0 Å². The first-order valence-corrected chi connectivity index (χ1v) is 10.6. The van der Waals surface area contributed by atoms with E-state index in [2.05, 4.69) is 11.1 Å². The van der Waals surface area contributed by atoms with Gasteiger partial charge in [0.1, 0.15) is 11.6 Å². The van der Waals surface area contributed by atoms with Crippen molar-refractivity contribution in [3.63, 3.8) is 0 Å². The van der Waals surface area contributed by atoms with Crippen LogP contribution in [0.3, 0.4) is 0 Å². The second-order valence-electron chi connectivity index (χ2n) is 5.92. The summed E-state index contributed by atoms with van der Waals surface area (Å²) >= 11 is 2.77. The molecule has 0 spiro atoms. The van der Waals surface area contributed by atoms with E-state index in [9.17, 15) is 9.18 Å². The number of nitriles is 1. The van der Waals surface area contributed by atoms with Gasteiger partial charge in [0.25, 0.3) is 0 Å². The fourth-order valence-corrected chi connectivity index (χ4v) is 4.38. The second-order valence-corrected chi connectivity index (χ2v) is 8.00. The van der Waals surface area contributed by atoms with Gasteiger partial charge in [0.2, 0.25) is 5.91 Å². The zero-order valence-corrected chi connectivity index (χ0v) is 17.3. The van der Waals surface area contributed by atoms with Gasteiger partial charge >= 0.3 is 0 Å². The summed E-state index contributed by atoms with van der Waals surface area (Å²) in [5.41, 5.74) is 2.21. The number of methoxy groups -OCH3 is 1. The summed E-state index contributed by atoms with van der Waals surface area (Å²) in [4.78, 5) is 19.0. The SMILES string of the molecule is COc1ccccc1N(CCC#N)C(=O)CSc1nc(-c2ccc(F)cc2)cs1. The summed E-state index contributed by atoms with van der Waals surface area (Å²) in [6.07, 6.45) is 0.223. The molecule has 0 unspecified atom stereocenters. The van der Waals surface area contributed by atoms with Crippen LogP contribution in [0.15, 0.2) is 58.3 Å². The van der Waals surface area contributed by atoms with Crippen LogP contribution in [0, 0.1) is 17.1 Å². The van der Waals surface area contributed by atoms with Crippen molar-refractivity contribution < 1.29 is 13.9 Å². The number of ether oxygens (including phenoxy) is 1. The van der Waals surface area contributed by atoms with Gasteiger partial charge in [0.15, 0.2) is 4.34 Å². The van der Waals surface area contributed by atoms with Gasteiger partial charge in [-0.1, -0.05) is 23.9 Å². The molecule has 0 aliphatic rings. The highest BCUT2D eigenvalue weighted by Gasteiger charge is 2.20. The maximum atomic E-state index is 13.1. The number of benzene rings is 2. The Balaban J connectivity index is 1.70. The number of hydrogen-bond acceptors (Lipinski definition) is 6. The lowest BCUT2D eigenvalue weighted by Crippen LogP contribution is -2.33. The van der Waals surface area contributed by atoms with Crippen molar-refractivity contribution in [1.82, 2.24) is 4.98 Å². The van der Waals surface area contributed by atoms with Crippen molar-refractivity contribution in [2.45, 2.75) is 10.8 Å². The predicted molar refractivity (Wildman–Crippen MR) is 114 cm³/mol. The average Bonchev–Trinajstić information content (AvgIpc) is 3.22. The van der Waals surface area contributed by atoms with Gasteiger partial charge in [0.05, 0.1) is 36.7 Å². The summed E-state index contributed by atoms with van der Waals surface area (Å²) < 4.78 is 19.2. The van der Waals surface area contributed by atoms with E-state index in [1.807, 2.05) is 17.5 Å². The topological polar surface area (TPSA) is 66.2 Å². The lowest BCUT2D eigenvalue weighted by atomic mass is 10.2. The normalized spacial score (nSPS) is 10.4. The molecular weight excluding hydrogens is 409 g/mol. The third kappa shape index (κ3) is 5.34. The Morgan fingerprint density at radius 3 is 2.76 bits per heavy atom. The van der Waals surface area contributed by atoms with Crippen LogP contribution >= 0.6 is 23.1 Å². The number of rotatable bonds is 8. The highest BCUT2D eigenvalue weighted by atomic mass is 32.2. The van der Waals surface area contributed by atoms with Crippen molar-refractivity contribution in [2.75, 3.05) is 24.3 Å². The summed E-state index contributed by atoms with van der Waals surface area (Å²) in [6, 6.07) is 15.5. The number of anilines is 1. The van der Waals surface area contributed by atoms with Crippen LogP contribution < -0.4 is 9.64 Å². The van der Waals surface area contributed by atoms with Crippen molar-refractivity contribution in [1.29, 1.82) is 5.26 Å². The first-order chi connectivity index (χ1) is 14.1.